The number of methoxy groups -OCH3 is 1. The van der Waals surface area contributed by atoms with E-state index in [1.165, 1.54) is 22.7 Å². The molecule has 0 saturated carbocycles. The highest BCUT2D eigenvalue weighted by atomic mass is 32.1. The average molecular weight is 372 g/mol. The van der Waals surface area contributed by atoms with Crippen molar-refractivity contribution in [2.45, 2.75) is 13.8 Å². The summed E-state index contributed by atoms with van der Waals surface area (Å²) in [4.78, 5) is 5.36. The molecule has 0 saturated heterocycles. The maximum Gasteiger partial charge on any atom is 0.122 e. The third-order valence-electron chi connectivity index (χ3n) is 4.86. The van der Waals surface area contributed by atoms with Crippen LogP contribution >= 0.6 is 11.5 Å². The van der Waals surface area contributed by atoms with Gasteiger partial charge in [-0.2, -0.15) is 4.37 Å². The molecule has 3 nitrogen and oxygen atoms in total. The molecular weight excluding hydrogens is 352 g/mol. The molecule has 0 atom stereocenters. The van der Waals surface area contributed by atoms with Crippen LogP contribution < -0.4 is 4.74 Å². The molecule has 2 aromatic heterocycles. The molecule has 134 valence electrons. The van der Waals surface area contributed by atoms with Gasteiger partial charge in [0.1, 0.15) is 5.75 Å². The first kappa shape index (κ1) is 17.4. The first-order valence-electron chi connectivity index (χ1n) is 8.78. The molecule has 2 aromatic carbocycles. The van der Waals surface area contributed by atoms with E-state index in [2.05, 4.69) is 65.7 Å². The zero-order valence-electron chi connectivity index (χ0n) is 15.6. The molecule has 0 fully saturated rings. The van der Waals surface area contributed by atoms with Crippen molar-refractivity contribution >= 4 is 11.5 Å². The lowest BCUT2D eigenvalue weighted by molar-refractivity contribution is 0.411. The van der Waals surface area contributed by atoms with Crippen LogP contribution in [0.5, 0.6) is 5.75 Å². The number of hydrogen-bond acceptors (Lipinski definition) is 4. The van der Waals surface area contributed by atoms with Gasteiger partial charge in [-0.05, 0) is 70.9 Å². The maximum atomic E-state index is 5.55. The zero-order chi connectivity index (χ0) is 18.8. The van der Waals surface area contributed by atoms with E-state index in [-0.39, 0.29) is 0 Å². The van der Waals surface area contributed by atoms with Gasteiger partial charge in [-0.15, -0.1) is 0 Å². The topological polar surface area (TPSA) is 35.0 Å². The number of aryl methyl sites for hydroxylation is 1. The van der Waals surface area contributed by atoms with Crippen LogP contribution in [0, 0.1) is 13.8 Å². The molecule has 0 N–H and O–H groups in total. The lowest BCUT2D eigenvalue weighted by atomic mass is 9.98. The summed E-state index contributed by atoms with van der Waals surface area (Å²) in [6.07, 6.45) is 5.62. The number of pyridine rings is 1. The van der Waals surface area contributed by atoms with Gasteiger partial charge < -0.3 is 4.74 Å². The van der Waals surface area contributed by atoms with E-state index in [9.17, 15) is 0 Å². The third kappa shape index (κ3) is 3.36. The van der Waals surface area contributed by atoms with Crippen molar-refractivity contribution < 1.29 is 4.74 Å². The fourth-order valence-corrected chi connectivity index (χ4v) is 3.95. The van der Waals surface area contributed by atoms with Gasteiger partial charge in [0.25, 0.3) is 0 Å². The molecule has 0 spiro atoms. The Morgan fingerprint density at radius 2 is 1.63 bits per heavy atom. The molecule has 2 heterocycles. The summed E-state index contributed by atoms with van der Waals surface area (Å²) in [5.41, 5.74) is 8.11. The minimum Gasteiger partial charge on any atom is -0.496 e. The van der Waals surface area contributed by atoms with Crippen LogP contribution in [0.15, 0.2) is 67.1 Å². The van der Waals surface area contributed by atoms with Gasteiger partial charge >= 0.3 is 0 Å². The van der Waals surface area contributed by atoms with Gasteiger partial charge in [-0.3, -0.25) is 4.98 Å². The van der Waals surface area contributed by atoms with Crippen molar-refractivity contribution in [2.24, 2.45) is 0 Å². The number of ether oxygens (including phenoxy) is 1. The van der Waals surface area contributed by atoms with Gasteiger partial charge in [0.2, 0.25) is 0 Å². The molecule has 0 aliphatic carbocycles. The highest BCUT2D eigenvalue weighted by Gasteiger charge is 2.14. The molecule has 0 radical (unpaired) electrons. The van der Waals surface area contributed by atoms with E-state index in [0.717, 1.165) is 38.4 Å². The molecule has 27 heavy (non-hydrogen) atoms. The average Bonchev–Trinajstić information content (AvgIpc) is 3.20. The van der Waals surface area contributed by atoms with E-state index >= 15 is 0 Å². The van der Waals surface area contributed by atoms with Crippen molar-refractivity contribution in [1.82, 2.24) is 9.36 Å². The van der Waals surface area contributed by atoms with Crippen molar-refractivity contribution in [1.29, 1.82) is 0 Å². The molecule has 0 amide bonds. The van der Waals surface area contributed by atoms with Gasteiger partial charge in [0.15, 0.2) is 0 Å². The first-order chi connectivity index (χ1) is 13.2. The van der Waals surface area contributed by atoms with Gasteiger partial charge in [0.05, 0.1) is 12.0 Å². The molecule has 4 heteroatoms. The van der Waals surface area contributed by atoms with Crippen LogP contribution in [0.1, 0.15) is 11.1 Å². The van der Waals surface area contributed by atoms with E-state index in [0.29, 0.717) is 0 Å². The standard InChI is InChI=1S/C23H20N2OS/c1-15-11-20(12-22(26-3)16(15)2)23-21(14-25-27-23)18-8-6-17(7-9-18)19-5-4-10-24-13-19/h4-14H,1-3H3. The second-order valence-corrected chi connectivity index (χ2v) is 7.31. The second kappa shape index (κ2) is 7.33. The normalized spacial score (nSPS) is 10.8. The molecule has 0 aliphatic rings. The van der Waals surface area contributed by atoms with Crippen molar-refractivity contribution in [2.75, 3.05) is 7.11 Å². The van der Waals surface area contributed by atoms with Crippen molar-refractivity contribution in [3.8, 4) is 38.4 Å². The highest BCUT2D eigenvalue weighted by Crippen LogP contribution is 2.38. The van der Waals surface area contributed by atoms with E-state index in [1.807, 2.05) is 18.5 Å². The molecule has 0 unspecified atom stereocenters. The minimum atomic E-state index is 0.913. The van der Waals surface area contributed by atoms with Gasteiger partial charge in [-0.25, -0.2) is 0 Å². The fourth-order valence-electron chi connectivity index (χ4n) is 3.20. The highest BCUT2D eigenvalue weighted by molar-refractivity contribution is 7.10. The number of aromatic nitrogens is 2. The number of rotatable bonds is 4. The second-order valence-electron chi connectivity index (χ2n) is 6.51. The molecule has 4 aromatic rings. The maximum absolute atomic E-state index is 5.55. The Labute approximate surface area is 163 Å². The lowest BCUT2D eigenvalue weighted by Crippen LogP contribution is -1.91. The van der Waals surface area contributed by atoms with Gasteiger partial charge in [0, 0.05) is 24.2 Å². The summed E-state index contributed by atoms with van der Waals surface area (Å²) in [6.45, 7) is 4.20. The lowest BCUT2D eigenvalue weighted by Gasteiger charge is -2.11. The largest absolute Gasteiger partial charge is 0.496 e. The van der Waals surface area contributed by atoms with Crippen LogP contribution in [0.3, 0.4) is 0 Å². The monoisotopic (exact) mass is 372 g/mol. The molecule has 0 aliphatic heterocycles. The summed E-state index contributed by atoms with van der Waals surface area (Å²) in [5, 5.41) is 0. The summed E-state index contributed by atoms with van der Waals surface area (Å²) in [5.74, 6) is 0.913. The first-order valence-corrected chi connectivity index (χ1v) is 9.56. The van der Waals surface area contributed by atoms with Crippen molar-refractivity contribution in [3.05, 3.63) is 78.2 Å². The number of benzene rings is 2. The molecule has 4 rings (SSSR count). The van der Waals surface area contributed by atoms with Gasteiger partial charge in [-0.1, -0.05) is 36.4 Å². The molecular formula is C23H20N2OS. The van der Waals surface area contributed by atoms with E-state index < -0.39 is 0 Å². The summed E-state index contributed by atoms with van der Waals surface area (Å²) in [7, 11) is 1.72. The predicted octanol–water partition coefficient (Wildman–Crippen LogP) is 6.16. The molecule has 0 bridgehead atoms. The van der Waals surface area contributed by atoms with Crippen LogP contribution in [0.2, 0.25) is 0 Å². The summed E-state index contributed by atoms with van der Waals surface area (Å²) >= 11 is 1.52. The zero-order valence-corrected chi connectivity index (χ0v) is 16.4. The van der Waals surface area contributed by atoms with E-state index in [4.69, 9.17) is 4.74 Å². The van der Waals surface area contributed by atoms with Crippen LogP contribution in [0.25, 0.3) is 32.7 Å². The summed E-state index contributed by atoms with van der Waals surface area (Å²) < 4.78 is 10.0. The Kier molecular flexibility index (Phi) is 4.73. The Morgan fingerprint density at radius 3 is 2.33 bits per heavy atom. The number of hydrogen-bond donors (Lipinski definition) is 0. The Hall–Kier alpha value is -2.98. The summed E-state index contributed by atoms with van der Waals surface area (Å²) in [6, 6.07) is 16.9. The SMILES string of the molecule is COc1cc(-c2sncc2-c2ccc(-c3cccnc3)cc2)cc(C)c1C. The Morgan fingerprint density at radius 1 is 0.852 bits per heavy atom. The van der Waals surface area contributed by atoms with Crippen LogP contribution in [-0.2, 0) is 0 Å². The third-order valence-corrected chi connectivity index (χ3v) is 5.71. The minimum absolute atomic E-state index is 0.913. The van der Waals surface area contributed by atoms with Crippen molar-refractivity contribution in [3.63, 3.8) is 0 Å². The van der Waals surface area contributed by atoms with Crippen LogP contribution in [-0.4, -0.2) is 16.5 Å². The van der Waals surface area contributed by atoms with Crippen LogP contribution in [0.4, 0.5) is 0 Å². The Balaban J connectivity index is 1.74. The number of nitrogens with zero attached hydrogens (tertiary/aromatic N) is 2. The Bertz CT molecular complexity index is 1070. The predicted molar refractivity (Wildman–Crippen MR) is 112 cm³/mol. The quantitative estimate of drug-likeness (QED) is 0.430. The smallest absolute Gasteiger partial charge is 0.122 e. The fraction of sp³-hybridized carbons (Fsp3) is 0.130. The van der Waals surface area contributed by atoms with E-state index in [1.54, 1.807) is 13.3 Å².